The number of likely N-dealkylation sites (tertiary alicyclic amines) is 2. The van der Waals surface area contributed by atoms with Crippen LogP contribution in [0.2, 0.25) is 0 Å². The van der Waals surface area contributed by atoms with Gasteiger partial charge in [0.1, 0.15) is 0 Å². The molecule has 0 saturated carbocycles. The lowest BCUT2D eigenvalue weighted by Crippen LogP contribution is -2.61. The largest absolute Gasteiger partial charge is 0.316 e. The topological polar surface area (TPSA) is 30.5 Å². The summed E-state index contributed by atoms with van der Waals surface area (Å²) in [6.45, 7) is 10.9. The molecule has 0 aromatic rings. The molecule has 0 bridgehead atoms. The lowest BCUT2D eigenvalue weighted by Gasteiger charge is -2.54. The maximum absolute atomic E-state index is 3.84. The summed E-state index contributed by atoms with van der Waals surface area (Å²) in [6.07, 6.45) is 5.50. The quantitative estimate of drug-likeness (QED) is 0.792. The Morgan fingerprint density at radius 3 is 2.57 bits per heavy atom. The molecule has 0 amide bonds. The Balaban J connectivity index is 1.60. The van der Waals surface area contributed by atoms with Crippen molar-refractivity contribution in [3.63, 3.8) is 0 Å². The van der Waals surface area contributed by atoms with Crippen LogP contribution in [0, 0.1) is 10.8 Å². The fourth-order valence-corrected chi connectivity index (χ4v) is 5.22. The van der Waals surface area contributed by atoms with Gasteiger partial charge in [0.2, 0.25) is 0 Å². The highest BCUT2D eigenvalue weighted by Crippen LogP contribution is 2.43. The first-order valence-electron chi connectivity index (χ1n) is 8.86. The molecule has 3 fully saturated rings. The highest BCUT2D eigenvalue weighted by Gasteiger charge is 2.46. The number of nitrogens with one attached hydrogen (secondary N) is 2. The van der Waals surface area contributed by atoms with Gasteiger partial charge in [-0.2, -0.15) is 0 Å². The van der Waals surface area contributed by atoms with Crippen LogP contribution < -0.4 is 10.6 Å². The summed E-state index contributed by atoms with van der Waals surface area (Å²) in [5, 5.41) is 7.47. The number of piperidine rings is 1. The average molecular weight is 294 g/mol. The first-order valence-corrected chi connectivity index (χ1v) is 8.86. The van der Waals surface area contributed by atoms with Gasteiger partial charge in [0.05, 0.1) is 0 Å². The van der Waals surface area contributed by atoms with Gasteiger partial charge in [-0.3, -0.25) is 0 Å². The summed E-state index contributed by atoms with van der Waals surface area (Å²) in [5.41, 5.74) is 1.14. The Labute approximate surface area is 130 Å². The van der Waals surface area contributed by atoms with Crippen LogP contribution in [0.25, 0.3) is 0 Å². The standard InChI is InChI=1S/C17H34N4/c1-4-18-11-16(6-8-20(2)12-16)9-15-10-17(5-7-19-15)13-21(3)14-17/h15,18-19H,4-14H2,1-3H3. The van der Waals surface area contributed by atoms with E-state index in [0.29, 0.717) is 10.8 Å². The molecular weight excluding hydrogens is 260 g/mol. The summed E-state index contributed by atoms with van der Waals surface area (Å²) in [4.78, 5) is 5.01. The van der Waals surface area contributed by atoms with Gasteiger partial charge in [0, 0.05) is 32.2 Å². The average Bonchev–Trinajstić information content (AvgIpc) is 2.77. The summed E-state index contributed by atoms with van der Waals surface area (Å²) in [7, 11) is 4.55. The van der Waals surface area contributed by atoms with Gasteiger partial charge < -0.3 is 20.4 Å². The Kier molecular flexibility index (Phi) is 4.60. The second kappa shape index (κ2) is 6.15. The zero-order chi connectivity index (χ0) is 14.9. The molecular formula is C17H34N4. The lowest BCUT2D eigenvalue weighted by atomic mass is 9.67. The van der Waals surface area contributed by atoms with Crippen LogP contribution in [0.5, 0.6) is 0 Å². The SMILES string of the molecule is CCNCC1(CC2CC3(CCN2)CN(C)C3)CCN(C)C1. The van der Waals surface area contributed by atoms with Crippen molar-refractivity contribution in [2.75, 3.05) is 59.9 Å². The lowest BCUT2D eigenvalue weighted by molar-refractivity contribution is -0.0225. The molecule has 4 nitrogen and oxygen atoms in total. The molecule has 2 N–H and O–H groups in total. The van der Waals surface area contributed by atoms with Crippen molar-refractivity contribution in [1.29, 1.82) is 0 Å². The van der Waals surface area contributed by atoms with Crippen LogP contribution in [0.15, 0.2) is 0 Å². The number of nitrogens with zero attached hydrogens (tertiary/aromatic N) is 2. The van der Waals surface area contributed by atoms with Crippen LogP contribution in [0.1, 0.15) is 32.6 Å². The Morgan fingerprint density at radius 1 is 1.14 bits per heavy atom. The van der Waals surface area contributed by atoms with E-state index in [1.165, 1.54) is 65.0 Å². The van der Waals surface area contributed by atoms with Crippen molar-refractivity contribution in [2.24, 2.45) is 10.8 Å². The predicted molar refractivity (Wildman–Crippen MR) is 88.7 cm³/mol. The van der Waals surface area contributed by atoms with Gasteiger partial charge >= 0.3 is 0 Å². The summed E-state index contributed by atoms with van der Waals surface area (Å²) in [6, 6.07) is 0.734. The molecule has 2 atom stereocenters. The van der Waals surface area contributed by atoms with Crippen LogP contribution in [0.4, 0.5) is 0 Å². The number of hydrogen-bond acceptors (Lipinski definition) is 4. The maximum atomic E-state index is 3.84. The molecule has 3 saturated heterocycles. The van der Waals surface area contributed by atoms with Gasteiger partial charge in [0.25, 0.3) is 0 Å². The molecule has 4 heteroatoms. The van der Waals surface area contributed by atoms with Crippen molar-refractivity contribution in [2.45, 2.75) is 38.6 Å². The zero-order valence-corrected chi connectivity index (χ0v) is 14.2. The Morgan fingerprint density at radius 2 is 1.95 bits per heavy atom. The Bertz CT molecular complexity index is 347. The van der Waals surface area contributed by atoms with Gasteiger partial charge in [-0.15, -0.1) is 0 Å². The minimum atomic E-state index is 0.497. The first kappa shape index (κ1) is 15.7. The van der Waals surface area contributed by atoms with Crippen molar-refractivity contribution in [3.05, 3.63) is 0 Å². The number of hydrogen-bond donors (Lipinski definition) is 2. The molecule has 21 heavy (non-hydrogen) atoms. The molecule has 2 unspecified atom stereocenters. The fraction of sp³-hybridized carbons (Fsp3) is 1.00. The first-order chi connectivity index (χ1) is 10.0. The number of rotatable bonds is 5. The summed E-state index contributed by atoms with van der Waals surface area (Å²) < 4.78 is 0. The van der Waals surface area contributed by atoms with Crippen LogP contribution in [-0.2, 0) is 0 Å². The van der Waals surface area contributed by atoms with E-state index in [1.54, 1.807) is 0 Å². The maximum Gasteiger partial charge on any atom is 0.00795 e. The molecule has 122 valence electrons. The van der Waals surface area contributed by atoms with Gasteiger partial charge in [-0.05, 0) is 70.2 Å². The minimum Gasteiger partial charge on any atom is -0.316 e. The van der Waals surface area contributed by atoms with E-state index in [4.69, 9.17) is 0 Å². The smallest absolute Gasteiger partial charge is 0.00795 e. The molecule has 3 aliphatic heterocycles. The molecule has 3 aliphatic rings. The monoisotopic (exact) mass is 294 g/mol. The third kappa shape index (κ3) is 3.44. The van der Waals surface area contributed by atoms with E-state index in [1.807, 2.05) is 0 Å². The third-order valence-corrected chi connectivity index (χ3v) is 6.04. The van der Waals surface area contributed by atoms with E-state index in [2.05, 4.69) is 41.5 Å². The van der Waals surface area contributed by atoms with E-state index < -0.39 is 0 Å². The fourth-order valence-electron chi connectivity index (χ4n) is 5.22. The highest BCUT2D eigenvalue weighted by molar-refractivity contribution is 5.02. The van der Waals surface area contributed by atoms with Crippen LogP contribution in [0.3, 0.4) is 0 Å². The van der Waals surface area contributed by atoms with Crippen LogP contribution >= 0.6 is 0 Å². The third-order valence-electron chi connectivity index (χ3n) is 6.04. The zero-order valence-electron chi connectivity index (χ0n) is 14.2. The molecule has 0 aromatic carbocycles. The molecule has 3 heterocycles. The van der Waals surface area contributed by atoms with Gasteiger partial charge in [-0.1, -0.05) is 6.92 Å². The second-order valence-corrected chi connectivity index (χ2v) is 8.25. The molecule has 0 radical (unpaired) electrons. The van der Waals surface area contributed by atoms with E-state index in [0.717, 1.165) is 12.6 Å². The summed E-state index contributed by atoms with van der Waals surface area (Å²) in [5.74, 6) is 0. The molecule has 0 aliphatic carbocycles. The van der Waals surface area contributed by atoms with E-state index in [-0.39, 0.29) is 0 Å². The highest BCUT2D eigenvalue weighted by atomic mass is 15.2. The second-order valence-electron chi connectivity index (χ2n) is 8.25. The minimum absolute atomic E-state index is 0.497. The molecule has 0 aromatic heterocycles. The van der Waals surface area contributed by atoms with Gasteiger partial charge in [0.15, 0.2) is 0 Å². The molecule has 1 spiro atoms. The molecule has 3 rings (SSSR count). The summed E-state index contributed by atoms with van der Waals surface area (Å²) >= 11 is 0. The van der Waals surface area contributed by atoms with Crippen LogP contribution in [-0.4, -0.2) is 75.8 Å². The van der Waals surface area contributed by atoms with Crippen molar-refractivity contribution in [3.8, 4) is 0 Å². The van der Waals surface area contributed by atoms with Crippen molar-refractivity contribution >= 4 is 0 Å². The van der Waals surface area contributed by atoms with E-state index in [9.17, 15) is 0 Å². The normalized spacial score (nSPS) is 37.0. The Hall–Kier alpha value is -0.160. The van der Waals surface area contributed by atoms with E-state index >= 15 is 0 Å². The van der Waals surface area contributed by atoms with Crippen molar-refractivity contribution in [1.82, 2.24) is 20.4 Å². The van der Waals surface area contributed by atoms with Gasteiger partial charge in [-0.25, -0.2) is 0 Å². The van der Waals surface area contributed by atoms with Crippen molar-refractivity contribution < 1.29 is 0 Å². The predicted octanol–water partition coefficient (Wildman–Crippen LogP) is 0.992.